The summed E-state index contributed by atoms with van der Waals surface area (Å²) in [4.78, 5) is 4.26. The van der Waals surface area contributed by atoms with Crippen molar-refractivity contribution < 1.29 is 8.91 Å². The van der Waals surface area contributed by atoms with Crippen molar-refractivity contribution in [2.75, 3.05) is 0 Å². The largest absolute Gasteiger partial charge is 0.337 e. The van der Waals surface area contributed by atoms with Crippen LogP contribution in [0.1, 0.15) is 32.6 Å². The van der Waals surface area contributed by atoms with Crippen molar-refractivity contribution in [3.8, 4) is 11.4 Å². The predicted octanol–water partition coefficient (Wildman–Crippen LogP) is 3.50. The maximum atomic E-state index is 13.1. The molecule has 0 spiro atoms. The van der Waals surface area contributed by atoms with E-state index in [1.807, 2.05) is 13.8 Å². The van der Waals surface area contributed by atoms with Gasteiger partial charge in [0.05, 0.1) is 10.6 Å². The fourth-order valence-corrected chi connectivity index (χ4v) is 2.01. The lowest BCUT2D eigenvalue weighted by Gasteiger charge is -2.18. The van der Waals surface area contributed by atoms with Gasteiger partial charge in [0, 0.05) is 5.56 Å². The van der Waals surface area contributed by atoms with Crippen LogP contribution in [0.15, 0.2) is 22.7 Å². The van der Waals surface area contributed by atoms with Crippen LogP contribution >= 0.6 is 11.6 Å². The number of nitrogens with two attached hydrogens (primary N) is 1. The Morgan fingerprint density at radius 1 is 1.47 bits per heavy atom. The van der Waals surface area contributed by atoms with E-state index >= 15 is 0 Å². The van der Waals surface area contributed by atoms with Crippen LogP contribution in [-0.2, 0) is 5.54 Å². The Hall–Kier alpha value is -1.46. The molecule has 0 saturated heterocycles. The van der Waals surface area contributed by atoms with Crippen molar-refractivity contribution in [2.24, 2.45) is 5.73 Å². The quantitative estimate of drug-likeness (QED) is 0.932. The Morgan fingerprint density at radius 2 is 2.21 bits per heavy atom. The molecule has 0 aliphatic heterocycles. The Bertz CT molecular complexity index is 583. The first-order chi connectivity index (χ1) is 8.94. The zero-order chi connectivity index (χ0) is 14.0. The van der Waals surface area contributed by atoms with E-state index in [0.717, 1.165) is 12.8 Å². The Morgan fingerprint density at radius 3 is 2.84 bits per heavy atom. The second kappa shape index (κ2) is 5.27. The minimum atomic E-state index is -0.663. The Kier molecular flexibility index (Phi) is 3.87. The standard InChI is InChI=1S/C13H15ClFN3O/c1-3-6-13(2,16)12-17-11(18-19-12)8-4-5-10(15)9(14)7-8/h4-5,7H,3,6,16H2,1-2H3. The molecule has 0 aliphatic rings. The molecule has 102 valence electrons. The van der Waals surface area contributed by atoms with E-state index in [1.54, 1.807) is 6.07 Å². The summed E-state index contributed by atoms with van der Waals surface area (Å²) < 4.78 is 18.3. The van der Waals surface area contributed by atoms with Gasteiger partial charge in [-0.1, -0.05) is 30.1 Å². The van der Waals surface area contributed by atoms with E-state index < -0.39 is 11.4 Å². The molecule has 1 aromatic heterocycles. The van der Waals surface area contributed by atoms with Crippen LogP contribution in [0, 0.1) is 5.82 Å². The van der Waals surface area contributed by atoms with E-state index in [4.69, 9.17) is 21.9 Å². The van der Waals surface area contributed by atoms with Gasteiger partial charge in [-0.05, 0) is 31.5 Å². The smallest absolute Gasteiger partial charge is 0.246 e. The minimum Gasteiger partial charge on any atom is -0.337 e. The Balaban J connectivity index is 2.33. The van der Waals surface area contributed by atoms with Crippen molar-refractivity contribution in [3.63, 3.8) is 0 Å². The highest BCUT2D eigenvalue weighted by atomic mass is 35.5. The molecule has 1 aromatic carbocycles. The molecule has 2 aromatic rings. The lowest BCUT2D eigenvalue weighted by Crippen LogP contribution is -2.33. The summed E-state index contributed by atoms with van der Waals surface area (Å²) >= 11 is 5.72. The third-order valence-electron chi connectivity index (χ3n) is 2.86. The predicted molar refractivity (Wildman–Crippen MR) is 71.1 cm³/mol. The van der Waals surface area contributed by atoms with Crippen molar-refractivity contribution in [3.05, 3.63) is 34.9 Å². The highest BCUT2D eigenvalue weighted by molar-refractivity contribution is 6.31. The number of benzene rings is 1. The first-order valence-corrected chi connectivity index (χ1v) is 6.40. The van der Waals surface area contributed by atoms with Crippen LogP contribution < -0.4 is 5.73 Å². The molecule has 2 rings (SSSR count). The third kappa shape index (κ3) is 2.93. The molecule has 0 bridgehead atoms. The summed E-state index contributed by atoms with van der Waals surface area (Å²) in [5.74, 6) is 0.234. The first kappa shape index (κ1) is 14.0. The lowest BCUT2D eigenvalue weighted by molar-refractivity contribution is 0.284. The average molecular weight is 284 g/mol. The highest BCUT2D eigenvalue weighted by Crippen LogP contribution is 2.26. The SMILES string of the molecule is CCCC(C)(N)c1nc(-c2ccc(F)c(Cl)c2)no1. The molecule has 0 amide bonds. The molecule has 6 heteroatoms. The molecule has 2 N–H and O–H groups in total. The summed E-state index contributed by atoms with van der Waals surface area (Å²) in [5.41, 5.74) is 6.04. The van der Waals surface area contributed by atoms with E-state index in [-0.39, 0.29) is 5.02 Å². The molecule has 0 aliphatic carbocycles. The summed E-state index contributed by atoms with van der Waals surface area (Å²) in [6, 6.07) is 4.27. The zero-order valence-corrected chi connectivity index (χ0v) is 11.5. The maximum Gasteiger partial charge on any atom is 0.246 e. The van der Waals surface area contributed by atoms with E-state index in [0.29, 0.717) is 17.3 Å². The average Bonchev–Trinajstić information content (AvgIpc) is 2.83. The van der Waals surface area contributed by atoms with Crippen molar-refractivity contribution in [1.82, 2.24) is 10.1 Å². The molecule has 1 heterocycles. The lowest BCUT2D eigenvalue weighted by atomic mass is 9.98. The number of aromatic nitrogens is 2. The van der Waals surface area contributed by atoms with E-state index in [1.165, 1.54) is 12.1 Å². The summed E-state index contributed by atoms with van der Waals surface area (Å²) in [6.07, 6.45) is 1.64. The Labute approximate surface area is 115 Å². The minimum absolute atomic E-state index is 0.0212. The fourth-order valence-electron chi connectivity index (χ4n) is 1.83. The second-order valence-corrected chi connectivity index (χ2v) is 5.13. The normalized spacial score (nSPS) is 14.4. The van der Waals surface area contributed by atoms with Gasteiger partial charge in [-0.2, -0.15) is 4.98 Å². The molecule has 1 atom stereocenters. The van der Waals surface area contributed by atoms with Crippen molar-refractivity contribution >= 4 is 11.6 Å². The molecule has 0 radical (unpaired) electrons. The third-order valence-corrected chi connectivity index (χ3v) is 3.15. The van der Waals surface area contributed by atoms with E-state index in [2.05, 4.69) is 10.1 Å². The van der Waals surface area contributed by atoms with Crippen LogP contribution in [0.3, 0.4) is 0 Å². The fraction of sp³-hybridized carbons (Fsp3) is 0.385. The summed E-state index contributed by atoms with van der Waals surface area (Å²) in [5, 5.41) is 3.88. The topological polar surface area (TPSA) is 64.9 Å². The number of halogens is 2. The maximum absolute atomic E-state index is 13.1. The van der Waals surface area contributed by atoms with Gasteiger partial charge in [-0.15, -0.1) is 0 Å². The van der Waals surface area contributed by atoms with E-state index in [9.17, 15) is 4.39 Å². The van der Waals surface area contributed by atoms with Gasteiger partial charge < -0.3 is 10.3 Å². The molecule has 4 nitrogen and oxygen atoms in total. The molecule has 0 fully saturated rings. The van der Waals surface area contributed by atoms with Gasteiger partial charge in [0.2, 0.25) is 11.7 Å². The first-order valence-electron chi connectivity index (χ1n) is 6.02. The molecule has 19 heavy (non-hydrogen) atoms. The molecular weight excluding hydrogens is 269 g/mol. The van der Waals surface area contributed by atoms with Gasteiger partial charge in [-0.25, -0.2) is 4.39 Å². The zero-order valence-electron chi connectivity index (χ0n) is 10.8. The van der Waals surface area contributed by atoms with Gasteiger partial charge in [0.15, 0.2) is 0 Å². The van der Waals surface area contributed by atoms with Gasteiger partial charge in [-0.3, -0.25) is 0 Å². The highest BCUT2D eigenvalue weighted by Gasteiger charge is 2.27. The van der Waals surface area contributed by atoms with Gasteiger partial charge in [0.1, 0.15) is 5.82 Å². The van der Waals surface area contributed by atoms with Crippen molar-refractivity contribution in [2.45, 2.75) is 32.2 Å². The number of hydrogen-bond acceptors (Lipinski definition) is 4. The molecule has 0 saturated carbocycles. The number of hydrogen-bond donors (Lipinski definition) is 1. The van der Waals surface area contributed by atoms with Crippen LogP contribution in [-0.4, -0.2) is 10.1 Å². The molecule has 1 unspecified atom stereocenters. The van der Waals surface area contributed by atoms with Crippen LogP contribution in [0.5, 0.6) is 0 Å². The van der Waals surface area contributed by atoms with Gasteiger partial charge >= 0.3 is 0 Å². The van der Waals surface area contributed by atoms with Crippen LogP contribution in [0.2, 0.25) is 5.02 Å². The summed E-state index contributed by atoms with van der Waals surface area (Å²) in [6.45, 7) is 3.87. The van der Waals surface area contributed by atoms with Crippen LogP contribution in [0.25, 0.3) is 11.4 Å². The number of nitrogens with zero attached hydrogens (tertiary/aromatic N) is 2. The van der Waals surface area contributed by atoms with Gasteiger partial charge in [0.25, 0.3) is 0 Å². The van der Waals surface area contributed by atoms with Crippen molar-refractivity contribution in [1.29, 1.82) is 0 Å². The van der Waals surface area contributed by atoms with Crippen LogP contribution in [0.4, 0.5) is 4.39 Å². The molecular formula is C13H15ClFN3O. The monoisotopic (exact) mass is 283 g/mol. The second-order valence-electron chi connectivity index (χ2n) is 4.72. The summed E-state index contributed by atoms with van der Waals surface area (Å²) in [7, 11) is 0. The number of rotatable bonds is 4.